The smallest absolute Gasteiger partial charge is 0.329 e. The predicted octanol–water partition coefficient (Wildman–Crippen LogP) is 1.20. The molecule has 0 fully saturated rings. The number of hydrogen-bond acceptors (Lipinski definition) is 3. The highest BCUT2D eigenvalue weighted by Gasteiger charge is 2.05. The lowest BCUT2D eigenvalue weighted by Crippen LogP contribution is -2.28. The van der Waals surface area contributed by atoms with E-state index in [9.17, 15) is 14.0 Å². The fraction of sp³-hybridized carbons (Fsp3) is 0.273. The molecule has 0 aromatic heterocycles. The maximum atomic E-state index is 12.8. The van der Waals surface area contributed by atoms with Crippen LogP contribution in [0.2, 0.25) is 5.02 Å². The third kappa shape index (κ3) is 5.11. The summed E-state index contributed by atoms with van der Waals surface area (Å²) < 4.78 is 17.4. The Morgan fingerprint density at radius 1 is 1.39 bits per heavy atom. The van der Waals surface area contributed by atoms with Gasteiger partial charge in [0, 0.05) is 6.54 Å². The van der Waals surface area contributed by atoms with E-state index in [2.05, 4.69) is 10.1 Å². The summed E-state index contributed by atoms with van der Waals surface area (Å²) in [5, 5.41) is 10.7. The normalized spacial score (nSPS) is 10.1. The van der Waals surface area contributed by atoms with Gasteiger partial charge in [-0.2, -0.15) is 0 Å². The second-order valence-corrected chi connectivity index (χ2v) is 3.82. The molecule has 0 saturated heterocycles. The number of benzene rings is 1. The molecule has 0 saturated carbocycles. The lowest BCUT2D eigenvalue weighted by atomic mass is 10.2. The van der Waals surface area contributed by atoms with E-state index in [1.165, 1.54) is 18.2 Å². The highest BCUT2D eigenvalue weighted by Crippen LogP contribution is 2.15. The third-order valence-corrected chi connectivity index (χ3v) is 2.22. The minimum absolute atomic E-state index is 0.0242. The van der Waals surface area contributed by atoms with Crippen LogP contribution in [0.1, 0.15) is 5.56 Å². The number of aliphatic carboxylic acids is 1. The molecular weight excluding hydrogens is 265 g/mol. The second kappa shape index (κ2) is 6.93. The van der Waals surface area contributed by atoms with E-state index in [1.807, 2.05) is 0 Å². The SMILES string of the molecule is O=C(O)COCC(=O)NCc1ccc(F)c(Cl)c1. The van der Waals surface area contributed by atoms with Gasteiger partial charge in [0.15, 0.2) is 0 Å². The van der Waals surface area contributed by atoms with Gasteiger partial charge in [-0.15, -0.1) is 0 Å². The Hall–Kier alpha value is -1.66. The van der Waals surface area contributed by atoms with Gasteiger partial charge in [-0.05, 0) is 17.7 Å². The molecule has 1 aromatic carbocycles. The van der Waals surface area contributed by atoms with Crippen molar-refractivity contribution in [2.24, 2.45) is 0 Å². The molecule has 5 nitrogen and oxygen atoms in total. The summed E-state index contributed by atoms with van der Waals surface area (Å²) in [6.07, 6.45) is 0. The average Bonchev–Trinajstić information content (AvgIpc) is 2.30. The van der Waals surface area contributed by atoms with Crippen LogP contribution in [0.25, 0.3) is 0 Å². The maximum Gasteiger partial charge on any atom is 0.329 e. The van der Waals surface area contributed by atoms with Gasteiger partial charge in [-0.25, -0.2) is 9.18 Å². The van der Waals surface area contributed by atoms with E-state index in [1.54, 1.807) is 0 Å². The standard InChI is InChI=1S/C11H11ClFNO4/c12-8-3-7(1-2-9(8)13)4-14-10(15)5-18-6-11(16)17/h1-3H,4-6H2,(H,14,15)(H,16,17). The number of carboxylic acids is 1. The largest absolute Gasteiger partial charge is 0.480 e. The number of ether oxygens (including phenoxy) is 1. The molecule has 0 aliphatic rings. The van der Waals surface area contributed by atoms with Gasteiger partial charge in [0.25, 0.3) is 0 Å². The van der Waals surface area contributed by atoms with Crippen molar-refractivity contribution in [3.8, 4) is 0 Å². The number of carbonyl (C=O) groups excluding carboxylic acids is 1. The van der Waals surface area contributed by atoms with Crippen LogP contribution in [0.3, 0.4) is 0 Å². The minimum atomic E-state index is -1.15. The third-order valence-electron chi connectivity index (χ3n) is 1.93. The number of rotatable bonds is 6. The van der Waals surface area contributed by atoms with E-state index >= 15 is 0 Å². The van der Waals surface area contributed by atoms with Crippen LogP contribution in [0.15, 0.2) is 18.2 Å². The van der Waals surface area contributed by atoms with E-state index in [-0.39, 0.29) is 18.2 Å². The quantitative estimate of drug-likeness (QED) is 0.818. The van der Waals surface area contributed by atoms with Crippen molar-refractivity contribution < 1.29 is 23.8 Å². The van der Waals surface area contributed by atoms with Crippen molar-refractivity contribution in [1.82, 2.24) is 5.32 Å². The lowest BCUT2D eigenvalue weighted by molar-refractivity contribution is -0.143. The van der Waals surface area contributed by atoms with Crippen molar-refractivity contribution >= 4 is 23.5 Å². The van der Waals surface area contributed by atoms with Crippen LogP contribution in [0.4, 0.5) is 4.39 Å². The van der Waals surface area contributed by atoms with Crippen molar-refractivity contribution in [2.75, 3.05) is 13.2 Å². The van der Waals surface area contributed by atoms with Crippen LogP contribution in [0.5, 0.6) is 0 Å². The predicted molar refractivity (Wildman–Crippen MR) is 61.7 cm³/mol. The molecule has 0 unspecified atom stereocenters. The van der Waals surface area contributed by atoms with E-state index in [0.29, 0.717) is 5.56 Å². The maximum absolute atomic E-state index is 12.8. The highest BCUT2D eigenvalue weighted by molar-refractivity contribution is 6.30. The zero-order chi connectivity index (χ0) is 13.5. The first-order chi connectivity index (χ1) is 8.49. The number of nitrogens with one attached hydrogen (secondary N) is 1. The van der Waals surface area contributed by atoms with Crippen molar-refractivity contribution in [3.05, 3.63) is 34.6 Å². The molecule has 7 heteroatoms. The molecule has 98 valence electrons. The van der Waals surface area contributed by atoms with Gasteiger partial charge in [0.05, 0.1) is 5.02 Å². The minimum Gasteiger partial charge on any atom is -0.480 e. The molecule has 1 amide bonds. The first-order valence-electron chi connectivity index (χ1n) is 4.99. The number of hydrogen-bond donors (Lipinski definition) is 2. The Morgan fingerprint density at radius 3 is 2.72 bits per heavy atom. The molecular formula is C11H11ClFNO4. The molecule has 1 aromatic rings. The summed E-state index contributed by atoms with van der Waals surface area (Å²) in [6, 6.07) is 4.08. The van der Waals surface area contributed by atoms with Gasteiger partial charge in [-0.1, -0.05) is 17.7 Å². The van der Waals surface area contributed by atoms with E-state index < -0.39 is 24.3 Å². The molecule has 0 aliphatic heterocycles. The Morgan fingerprint density at radius 2 is 2.11 bits per heavy atom. The average molecular weight is 276 g/mol. The Balaban J connectivity index is 2.33. The fourth-order valence-corrected chi connectivity index (χ4v) is 1.34. The van der Waals surface area contributed by atoms with Crippen LogP contribution >= 0.6 is 11.6 Å². The Kier molecular flexibility index (Phi) is 5.54. The number of carbonyl (C=O) groups is 2. The van der Waals surface area contributed by atoms with Crippen LogP contribution < -0.4 is 5.32 Å². The summed E-state index contributed by atoms with van der Waals surface area (Å²) >= 11 is 5.57. The molecule has 0 bridgehead atoms. The van der Waals surface area contributed by atoms with Gasteiger partial charge in [-0.3, -0.25) is 4.79 Å². The summed E-state index contributed by atoms with van der Waals surface area (Å²) in [4.78, 5) is 21.3. The van der Waals surface area contributed by atoms with Crippen molar-refractivity contribution in [2.45, 2.75) is 6.54 Å². The molecule has 2 N–H and O–H groups in total. The van der Waals surface area contributed by atoms with Gasteiger partial charge in [0.1, 0.15) is 19.0 Å². The second-order valence-electron chi connectivity index (χ2n) is 3.41. The first kappa shape index (κ1) is 14.4. The number of carboxylic acid groups (broad SMARTS) is 1. The molecule has 0 heterocycles. The van der Waals surface area contributed by atoms with Crippen LogP contribution in [-0.2, 0) is 20.9 Å². The van der Waals surface area contributed by atoms with E-state index in [4.69, 9.17) is 16.7 Å². The van der Waals surface area contributed by atoms with Crippen molar-refractivity contribution in [3.63, 3.8) is 0 Å². The van der Waals surface area contributed by atoms with Gasteiger partial charge < -0.3 is 15.2 Å². The zero-order valence-electron chi connectivity index (χ0n) is 9.28. The molecule has 1 rings (SSSR count). The molecule has 0 aliphatic carbocycles. The summed E-state index contributed by atoms with van der Waals surface area (Å²) in [5.74, 6) is -2.14. The Labute approximate surface area is 108 Å². The summed E-state index contributed by atoms with van der Waals surface area (Å²) in [5.41, 5.74) is 0.632. The number of amides is 1. The van der Waals surface area contributed by atoms with Gasteiger partial charge in [0.2, 0.25) is 5.91 Å². The van der Waals surface area contributed by atoms with Crippen molar-refractivity contribution in [1.29, 1.82) is 0 Å². The Bertz CT molecular complexity index is 453. The lowest BCUT2D eigenvalue weighted by Gasteiger charge is -2.06. The molecule has 0 spiro atoms. The monoisotopic (exact) mass is 275 g/mol. The van der Waals surface area contributed by atoms with Gasteiger partial charge >= 0.3 is 5.97 Å². The van der Waals surface area contributed by atoms with Crippen LogP contribution in [0, 0.1) is 5.82 Å². The number of halogens is 2. The van der Waals surface area contributed by atoms with Crippen LogP contribution in [-0.4, -0.2) is 30.2 Å². The topological polar surface area (TPSA) is 75.6 Å². The first-order valence-corrected chi connectivity index (χ1v) is 5.37. The van der Waals surface area contributed by atoms with E-state index in [0.717, 1.165) is 0 Å². The molecule has 0 radical (unpaired) electrons. The highest BCUT2D eigenvalue weighted by atomic mass is 35.5. The zero-order valence-corrected chi connectivity index (χ0v) is 10.0. The fourth-order valence-electron chi connectivity index (χ4n) is 1.13. The molecule has 18 heavy (non-hydrogen) atoms. The summed E-state index contributed by atoms with van der Waals surface area (Å²) in [7, 11) is 0. The molecule has 0 atom stereocenters. The summed E-state index contributed by atoms with van der Waals surface area (Å²) in [6.45, 7) is -0.716.